The van der Waals surface area contributed by atoms with Crippen molar-refractivity contribution in [3.63, 3.8) is 0 Å². The molecule has 0 amide bonds. The first-order chi connectivity index (χ1) is 7.74. The molecule has 4 nitrogen and oxygen atoms in total. The van der Waals surface area contributed by atoms with Gasteiger partial charge in [0.1, 0.15) is 4.88 Å². The van der Waals surface area contributed by atoms with E-state index in [1.165, 1.54) is 18.4 Å². The molecule has 2 aromatic rings. The van der Waals surface area contributed by atoms with Crippen molar-refractivity contribution in [2.24, 2.45) is 0 Å². The van der Waals surface area contributed by atoms with Crippen LogP contribution in [0.5, 0.6) is 0 Å². The van der Waals surface area contributed by atoms with Crippen molar-refractivity contribution in [2.45, 2.75) is 0 Å². The molecule has 0 unspecified atom stereocenters. The van der Waals surface area contributed by atoms with E-state index in [9.17, 15) is 4.79 Å². The molecule has 0 saturated heterocycles. The van der Waals surface area contributed by atoms with Gasteiger partial charge in [0, 0.05) is 28.9 Å². The quantitative estimate of drug-likeness (QED) is 0.809. The van der Waals surface area contributed by atoms with Crippen LogP contribution in [0, 0.1) is 0 Å². The molecule has 0 aliphatic heterocycles. The lowest BCUT2D eigenvalue weighted by Crippen LogP contribution is -2.02. The highest BCUT2D eigenvalue weighted by Gasteiger charge is 2.16. The van der Waals surface area contributed by atoms with Gasteiger partial charge in [0.2, 0.25) is 0 Å². The average molecular weight is 234 g/mol. The molecule has 2 rings (SSSR count). The van der Waals surface area contributed by atoms with Gasteiger partial charge in [-0.05, 0) is 6.07 Å². The molecular weight excluding hydrogens is 224 g/mol. The highest BCUT2D eigenvalue weighted by molar-refractivity contribution is 7.13. The molecule has 5 heteroatoms. The standard InChI is InChI=1S/C11H10N2O2S/c1-15-11(14)10-9(12)8(6-16-10)7-3-2-4-13-5-7/h2-6H,12H2,1H3. The topological polar surface area (TPSA) is 65.2 Å². The largest absolute Gasteiger partial charge is 0.465 e. The molecular formula is C11H10N2O2S. The molecule has 0 aromatic carbocycles. The number of ether oxygens (including phenoxy) is 1. The number of methoxy groups -OCH3 is 1. The van der Waals surface area contributed by atoms with E-state index in [1.807, 2.05) is 17.5 Å². The maximum Gasteiger partial charge on any atom is 0.350 e. The number of carbonyl (C=O) groups is 1. The Balaban J connectivity index is 2.45. The normalized spacial score (nSPS) is 10.1. The van der Waals surface area contributed by atoms with E-state index in [1.54, 1.807) is 12.4 Å². The van der Waals surface area contributed by atoms with Crippen LogP contribution in [-0.4, -0.2) is 18.1 Å². The van der Waals surface area contributed by atoms with Crippen LogP contribution in [-0.2, 0) is 4.74 Å². The van der Waals surface area contributed by atoms with Crippen molar-refractivity contribution in [2.75, 3.05) is 12.8 Å². The number of carbonyl (C=O) groups excluding carboxylic acids is 1. The van der Waals surface area contributed by atoms with E-state index in [2.05, 4.69) is 9.72 Å². The zero-order valence-corrected chi connectivity index (χ0v) is 9.45. The number of esters is 1. The van der Waals surface area contributed by atoms with Crippen LogP contribution in [0.1, 0.15) is 9.67 Å². The van der Waals surface area contributed by atoms with Crippen LogP contribution in [0.2, 0.25) is 0 Å². The van der Waals surface area contributed by atoms with Gasteiger partial charge in [-0.2, -0.15) is 0 Å². The highest BCUT2D eigenvalue weighted by Crippen LogP contribution is 2.33. The van der Waals surface area contributed by atoms with Crippen LogP contribution < -0.4 is 5.73 Å². The molecule has 16 heavy (non-hydrogen) atoms. The van der Waals surface area contributed by atoms with Gasteiger partial charge in [0.25, 0.3) is 0 Å². The molecule has 2 aromatic heterocycles. The molecule has 82 valence electrons. The Kier molecular flexibility index (Phi) is 2.87. The van der Waals surface area contributed by atoms with E-state index in [-0.39, 0.29) is 0 Å². The van der Waals surface area contributed by atoms with Crippen molar-refractivity contribution in [3.05, 3.63) is 34.8 Å². The van der Waals surface area contributed by atoms with E-state index >= 15 is 0 Å². The van der Waals surface area contributed by atoms with Crippen molar-refractivity contribution in [3.8, 4) is 11.1 Å². The Morgan fingerprint density at radius 3 is 3.00 bits per heavy atom. The smallest absolute Gasteiger partial charge is 0.350 e. The first-order valence-corrected chi connectivity index (χ1v) is 5.47. The van der Waals surface area contributed by atoms with E-state index in [4.69, 9.17) is 5.73 Å². The predicted molar refractivity (Wildman–Crippen MR) is 63.3 cm³/mol. The molecule has 0 atom stereocenters. The number of aromatic nitrogens is 1. The molecule has 0 bridgehead atoms. The van der Waals surface area contributed by atoms with Crippen LogP contribution >= 0.6 is 11.3 Å². The third-order valence-electron chi connectivity index (χ3n) is 2.17. The third kappa shape index (κ3) is 1.77. The lowest BCUT2D eigenvalue weighted by Gasteiger charge is -2.00. The maximum atomic E-state index is 11.4. The molecule has 0 fully saturated rings. The summed E-state index contributed by atoms with van der Waals surface area (Å²) in [6.07, 6.45) is 3.40. The Morgan fingerprint density at radius 2 is 2.38 bits per heavy atom. The summed E-state index contributed by atoms with van der Waals surface area (Å²) in [7, 11) is 1.34. The van der Waals surface area contributed by atoms with Crippen molar-refractivity contribution >= 4 is 23.0 Å². The number of hydrogen-bond donors (Lipinski definition) is 1. The summed E-state index contributed by atoms with van der Waals surface area (Å²) in [6, 6.07) is 3.72. The van der Waals surface area contributed by atoms with Crippen LogP contribution in [0.3, 0.4) is 0 Å². The summed E-state index contributed by atoms with van der Waals surface area (Å²) in [5.74, 6) is -0.405. The number of nitrogens with two attached hydrogens (primary N) is 1. The number of thiophene rings is 1. The fraction of sp³-hybridized carbons (Fsp3) is 0.0909. The van der Waals surface area contributed by atoms with Gasteiger partial charge < -0.3 is 10.5 Å². The van der Waals surface area contributed by atoms with Crippen molar-refractivity contribution in [1.82, 2.24) is 4.98 Å². The average Bonchev–Trinajstić information content (AvgIpc) is 2.71. The highest BCUT2D eigenvalue weighted by atomic mass is 32.1. The number of nitrogen functional groups attached to an aromatic ring is 1. The summed E-state index contributed by atoms with van der Waals surface area (Å²) >= 11 is 1.28. The zero-order valence-electron chi connectivity index (χ0n) is 8.64. The zero-order chi connectivity index (χ0) is 11.5. The van der Waals surface area contributed by atoms with Gasteiger partial charge in [-0.25, -0.2) is 4.79 Å². The van der Waals surface area contributed by atoms with E-state index in [0.29, 0.717) is 10.6 Å². The number of pyridine rings is 1. The fourth-order valence-electron chi connectivity index (χ4n) is 1.36. The Bertz CT molecular complexity index is 508. The van der Waals surface area contributed by atoms with Crippen LogP contribution in [0.15, 0.2) is 29.9 Å². The first kappa shape index (κ1) is 10.6. The van der Waals surface area contributed by atoms with Gasteiger partial charge in [-0.3, -0.25) is 4.98 Å². The lowest BCUT2D eigenvalue weighted by molar-refractivity contribution is 0.0607. The Morgan fingerprint density at radius 1 is 1.56 bits per heavy atom. The molecule has 0 aliphatic rings. The molecule has 0 spiro atoms. The number of rotatable bonds is 2. The van der Waals surface area contributed by atoms with Crippen LogP contribution in [0.25, 0.3) is 11.1 Å². The van der Waals surface area contributed by atoms with Gasteiger partial charge in [-0.15, -0.1) is 11.3 Å². The second kappa shape index (κ2) is 4.32. The summed E-state index contributed by atoms with van der Waals surface area (Å²) < 4.78 is 4.64. The Labute approximate surface area is 96.7 Å². The molecule has 0 radical (unpaired) electrons. The molecule has 0 saturated carbocycles. The van der Waals surface area contributed by atoms with Crippen LogP contribution in [0.4, 0.5) is 5.69 Å². The minimum absolute atomic E-state index is 0.405. The second-order valence-electron chi connectivity index (χ2n) is 3.13. The Hall–Kier alpha value is -1.88. The minimum atomic E-state index is -0.405. The maximum absolute atomic E-state index is 11.4. The first-order valence-electron chi connectivity index (χ1n) is 4.59. The SMILES string of the molecule is COC(=O)c1scc(-c2cccnc2)c1N. The molecule has 0 aliphatic carbocycles. The number of hydrogen-bond acceptors (Lipinski definition) is 5. The van der Waals surface area contributed by atoms with E-state index in [0.717, 1.165) is 11.1 Å². The number of anilines is 1. The summed E-state index contributed by atoms with van der Waals surface area (Å²) in [4.78, 5) is 15.8. The monoisotopic (exact) mass is 234 g/mol. The number of nitrogens with zero attached hydrogens (tertiary/aromatic N) is 1. The summed E-state index contributed by atoms with van der Waals surface area (Å²) in [5.41, 5.74) is 8.06. The van der Waals surface area contributed by atoms with Crippen molar-refractivity contribution in [1.29, 1.82) is 0 Å². The van der Waals surface area contributed by atoms with Gasteiger partial charge in [0.05, 0.1) is 12.8 Å². The lowest BCUT2D eigenvalue weighted by atomic mass is 10.1. The van der Waals surface area contributed by atoms with Gasteiger partial charge in [-0.1, -0.05) is 6.07 Å². The third-order valence-corrected chi connectivity index (χ3v) is 3.15. The fourth-order valence-corrected chi connectivity index (χ4v) is 2.28. The summed E-state index contributed by atoms with van der Waals surface area (Å²) in [5, 5.41) is 1.83. The second-order valence-corrected chi connectivity index (χ2v) is 4.01. The van der Waals surface area contributed by atoms with Gasteiger partial charge >= 0.3 is 5.97 Å². The van der Waals surface area contributed by atoms with Crippen molar-refractivity contribution < 1.29 is 9.53 Å². The minimum Gasteiger partial charge on any atom is -0.465 e. The van der Waals surface area contributed by atoms with E-state index < -0.39 is 5.97 Å². The van der Waals surface area contributed by atoms with Gasteiger partial charge in [0.15, 0.2) is 0 Å². The summed E-state index contributed by atoms with van der Waals surface area (Å²) in [6.45, 7) is 0. The molecule has 2 heterocycles. The molecule has 2 N–H and O–H groups in total. The predicted octanol–water partition coefficient (Wildman–Crippen LogP) is 2.18.